The standard InChI is InChI=1S/C16H21N5O2/c1-12-8-14(19-11-18-12)21-7-5-16(23,10-21)9-17-15(22)13-4-3-6-20(13)2/h3-4,6,8,11,23H,5,7,9-10H2,1-2H3,(H,17,22). The van der Waals surface area contributed by atoms with Crippen LogP contribution in [0.25, 0.3) is 0 Å². The summed E-state index contributed by atoms with van der Waals surface area (Å²) < 4.78 is 1.75. The monoisotopic (exact) mass is 315 g/mol. The van der Waals surface area contributed by atoms with E-state index in [1.165, 1.54) is 6.33 Å². The number of anilines is 1. The summed E-state index contributed by atoms with van der Waals surface area (Å²) in [5.74, 6) is 0.629. The molecular formula is C16H21N5O2. The molecule has 1 unspecified atom stereocenters. The van der Waals surface area contributed by atoms with Gasteiger partial charge in [0.05, 0.1) is 0 Å². The average molecular weight is 315 g/mol. The molecule has 1 atom stereocenters. The van der Waals surface area contributed by atoms with Crippen LogP contribution >= 0.6 is 0 Å². The normalized spacial score (nSPS) is 20.7. The van der Waals surface area contributed by atoms with Gasteiger partial charge in [-0.3, -0.25) is 4.79 Å². The van der Waals surface area contributed by atoms with Gasteiger partial charge in [-0.25, -0.2) is 9.97 Å². The molecule has 1 amide bonds. The number of carbonyl (C=O) groups is 1. The van der Waals surface area contributed by atoms with Gasteiger partial charge in [0.15, 0.2) is 0 Å². The Morgan fingerprint density at radius 2 is 2.30 bits per heavy atom. The highest BCUT2D eigenvalue weighted by Crippen LogP contribution is 2.25. The van der Waals surface area contributed by atoms with Crippen molar-refractivity contribution < 1.29 is 9.90 Å². The largest absolute Gasteiger partial charge is 0.386 e. The van der Waals surface area contributed by atoms with Gasteiger partial charge in [-0.1, -0.05) is 0 Å². The number of nitrogens with zero attached hydrogens (tertiary/aromatic N) is 4. The molecular weight excluding hydrogens is 294 g/mol. The van der Waals surface area contributed by atoms with Crippen molar-refractivity contribution in [1.29, 1.82) is 0 Å². The molecule has 2 N–H and O–H groups in total. The van der Waals surface area contributed by atoms with E-state index in [2.05, 4.69) is 15.3 Å². The minimum Gasteiger partial charge on any atom is -0.386 e. The number of aromatic nitrogens is 3. The highest BCUT2D eigenvalue weighted by atomic mass is 16.3. The topological polar surface area (TPSA) is 83.3 Å². The van der Waals surface area contributed by atoms with Crippen LogP contribution in [0, 0.1) is 6.92 Å². The lowest BCUT2D eigenvalue weighted by atomic mass is 10.0. The van der Waals surface area contributed by atoms with Gasteiger partial charge in [0.1, 0.15) is 23.4 Å². The van der Waals surface area contributed by atoms with Gasteiger partial charge in [-0.15, -0.1) is 0 Å². The van der Waals surface area contributed by atoms with Crippen molar-refractivity contribution in [2.24, 2.45) is 7.05 Å². The number of hydrogen-bond acceptors (Lipinski definition) is 5. The van der Waals surface area contributed by atoms with Crippen molar-refractivity contribution in [3.05, 3.63) is 42.1 Å². The van der Waals surface area contributed by atoms with E-state index < -0.39 is 5.60 Å². The summed E-state index contributed by atoms with van der Waals surface area (Å²) >= 11 is 0. The second kappa shape index (κ2) is 6.00. The van der Waals surface area contributed by atoms with Gasteiger partial charge >= 0.3 is 0 Å². The molecule has 2 aromatic rings. The molecule has 3 rings (SSSR count). The van der Waals surface area contributed by atoms with E-state index >= 15 is 0 Å². The van der Waals surface area contributed by atoms with E-state index in [1.807, 2.05) is 37.2 Å². The fraction of sp³-hybridized carbons (Fsp3) is 0.438. The van der Waals surface area contributed by atoms with E-state index in [0.29, 0.717) is 25.2 Å². The van der Waals surface area contributed by atoms with E-state index in [4.69, 9.17) is 0 Å². The number of aliphatic hydroxyl groups is 1. The maximum Gasteiger partial charge on any atom is 0.267 e. The summed E-state index contributed by atoms with van der Waals surface area (Å²) in [6, 6.07) is 5.47. The quantitative estimate of drug-likeness (QED) is 0.858. The zero-order valence-corrected chi connectivity index (χ0v) is 13.4. The molecule has 7 heteroatoms. The Bertz CT molecular complexity index is 714. The van der Waals surface area contributed by atoms with Crippen LogP contribution in [-0.2, 0) is 7.05 Å². The Hall–Kier alpha value is -2.41. The fourth-order valence-electron chi connectivity index (χ4n) is 2.84. The molecule has 1 fully saturated rings. The van der Waals surface area contributed by atoms with Crippen molar-refractivity contribution >= 4 is 11.7 Å². The van der Waals surface area contributed by atoms with Crippen molar-refractivity contribution in [2.45, 2.75) is 18.9 Å². The maximum absolute atomic E-state index is 12.1. The molecule has 0 spiro atoms. The number of aryl methyl sites for hydroxylation is 2. The summed E-state index contributed by atoms with van der Waals surface area (Å²) in [5.41, 5.74) is 0.525. The minimum absolute atomic E-state index is 0.178. The summed E-state index contributed by atoms with van der Waals surface area (Å²) in [6.45, 7) is 3.27. The molecule has 122 valence electrons. The van der Waals surface area contributed by atoms with Gasteiger partial charge in [0, 0.05) is 44.6 Å². The van der Waals surface area contributed by atoms with Crippen molar-refractivity contribution in [3.63, 3.8) is 0 Å². The van der Waals surface area contributed by atoms with Crippen molar-refractivity contribution in [3.8, 4) is 0 Å². The smallest absolute Gasteiger partial charge is 0.267 e. The van der Waals surface area contributed by atoms with E-state index in [-0.39, 0.29) is 12.5 Å². The van der Waals surface area contributed by atoms with Crippen LogP contribution in [0.2, 0.25) is 0 Å². The number of β-amino-alcohol motifs (C(OH)–C–C–N with tert-alkyl or cyclic N) is 1. The van der Waals surface area contributed by atoms with Crippen molar-refractivity contribution in [1.82, 2.24) is 19.9 Å². The lowest BCUT2D eigenvalue weighted by molar-refractivity contribution is 0.0573. The molecule has 1 aliphatic rings. The summed E-state index contributed by atoms with van der Waals surface area (Å²) in [7, 11) is 1.82. The van der Waals surface area contributed by atoms with E-state index in [1.54, 1.807) is 10.6 Å². The molecule has 0 bridgehead atoms. The molecule has 0 radical (unpaired) electrons. The number of rotatable bonds is 4. The highest BCUT2D eigenvalue weighted by molar-refractivity contribution is 5.92. The Balaban J connectivity index is 1.61. The van der Waals surface area contributed by atoms with E-state index in [0.717, 1.165) is 11.5 Å². The first-order valence-corrected chi connectivity index (χ1v) is 7.62. The second-order valence-corrected chi connectivity index (χ2v) is 6.10. The van der Waals surface area contributed by atoms with Crippen LogP contribution in [0.4, 0.5) is 5.82 Å². The molecule has 7 nitrogen and oxygen atoms in total. The van der Waals surface area contributed by atoms with Crippen molar-refractivity contribution in [2.75, 3.05) is 24.5 Å². The Morgan fingerprint density at radius 1 is 1.48 bits per heavy atom. The lowest BCUT2D eigenvalue weighted by Gasteiger charge is -2.24. The van der Waals surface area contributed by atoms with Gasteiger partial charge < -0.3 is 19.9 Å². The van der Waals surface area contributed by atoms with Crippen LogP contribution in [-0.4, -0.2) is 50.8 Å². The SMILES string of the molecule is Cc1cc(N2CCC(O)(CNC(=O)c3cccn3C)C2)ncn1. The summed E-state index contributed by atoms with van der Waals surface area (Å²) in [4.78, 5) is 22.5. The molecule has 1 saturated heterocycles. The third-order valence-corrected chi connectivity index (χ3v) is 4.20. The zero-order valence-electron chi connectivity index (χ0n) is 13.4. The minimum atomic E-state index is -0.945. The third kappa shape index (κ3) is 3.34. The summed E-state index contributed by atoms with van der Waals surface area (Å²) in [6.07, 6.45) is 3.93. The molecule has 0 saturated carbocycles. The molecule has 2 aromatic heterocycles. The molecule has 0 aliphatic carbocycles. The highest BCUT2D eigenvalue weighted by Gasteiger charge is 2.37. The zero-order chi connectivity index (χ0) is 16.4. The first-order chi connectivity index (χ1) is 11.0. The molecule has 0 aromatic carbocycles. The number of amides is 1. The second-order valence-electron chi connectivity index (χ2n) is 6.10. The van der Waals surface area contributed by atoms with Gasteiger partial charge in [0.2, 0.25) is 0 Å². The number of carbonyl (C=O) groups excluding carboxylic acids is 1. The lowest BCUT2D eigenvalue weighted by Crippen LogP contribution is -2.45. The number of nitrogens with one attached hydrogen (secondary N) is 1. The average Bonchev–Trinajstić information content (AvgIpc) is 3.12. The first kappa shape index (κ1) is 15.5. The van der Waals surface area contributed by atoms with Gasteiger partial charge in [-0.05, 0) is 25.5 Å². The Morgan fingerprint density at radius 3 is 3.00 bits per heavy atom. The Labute approximate surface area is 135 Å². The van der Waals surface area contributed by atoms with Crippen LogP contribution in [0.3, 0.4) is 0 Å². The maximum atomic E-state index is 12.1. The summed E-state index contributed by atoms with van der Waals surface area (Å²) in [5, 5.41) is 13.5. The van der Waals surface area contributed by atoms with Crippen LogP contribution in [0.1, 0.15) is 22.6 Å². The molecule has 3 heterocycles. The van der Waals surface area contributed by atoms with Crippen LogP contribution < -0.4 is 10.2 Å². The van der Waals surface area contributed by atoms with Gasteiger partial charge in [0.25, 0.3) is 5.91 Å². The predicted octanol–water partition coefficient (Wildman–Crippen LogP) is 0.495. The predicted molar refractivity (Wildman–Crippen MR) is 86.3 cm³/mol. The molecule has 23 heavy (non-hydrogen) atoms. The van der Waals surface area contributed by atoms with E-state index in [9.17, 15) is 9.90 Å². The third-order valence-electron chi connectivity index (χ3n) is 4.20. The van der Waals surface area contributed by atoms with Crippen LogP contribution in [0.5, 0.6) is 0 Å². The first-order valence-electron chi connectivity index (χ1n) is 7.62. The Kier molecular flexibility index (Phi) is 4.04. The van der Waals surface area contributed by atoms with Gasteiger partial charge in [-0.2, -0.15) is 0 Å². The number of hydrogen-bond donors (Lipinski definition) is 2. The van der Waals surface area contributed by atoms with Crippen LogP contribution in [0.15, 0.2) is 30.7 Å². The fourth-order valence-corrected chi connectivity index (χ4v) is 2.84. The molecule has 1 aliphatic heterocycles.